The molecule has 0 radical (unpaired) electrons. The molecule has 0 saturated carbocycles. The summed E-state index contributed by atoms with van der Waals surface area (Å²) in [6.07, 6.45) is 2.61. The Morgan fingerprint density at radius 3 is 2.76 bits per heavy atom. The van der Waals surface area contributed by atoms with Crippen LogP contribution in [0.25, 0.3) is 16.0 Å². The fourth-order valence-corrected chi connectivity index (χ4v) is 4.34. The molecule has 1 atom stereocenters. The van der Waals surface area contributed by atoms with Crippen molar-refractivity contribution in [1.82, 2.24) is 24.5 Å². The SMILES string of the molecule is CC(CCc1ccccc1)NC(=O)CCc1nnc2n(C)c(=O)c3sccc3n12. The van der Waals surface area contributed by atoms with Gasteiger partial charge in [0.2, 0.25) is 11.7 Å². The Morgan fingerprint density at radius 2 is 1.97 bits per heavy atom. The molecule has 4 aromatic rings. The van der Waals surface area contributed by atoms with Gasteiger partial charge in [0, 0.05) is 25.9 Å². The number of benzene rings is 1. The Kier molecular flexibility index (Phi) is 5.44. The Morgan fingerprint density at radius 1 is 1.17 bits per heavy atom. The fraction of sp³-hybridized carbons (Fsp3) is 0.333. The maximum atomic E-state index is 12.4. The van der Waals surface area contributed by atoms with Gasteiger partial charge in [-0.25, -0.2) is 0 Å². The van der Waals surface area contributed by atoms with E-state index in [1.807, 2.05) is 41.0 Å². The molecular formula is C21H23N5O2S. The van der Waals surface area contributed by atoms with Gasteiger partial charge in [0.15, 0.2) is 0 Å². The first kappa shape index (κ1) is 19.3. The standard InChI is InChI=1S/C21H23N5O2S/c1-14(8-9-15-6-4-3-5-7-15)22-18(27)11-10-17-23-24-21-25(2)20(28)19-16(26(17)21)12-13-29-19/h3-7,12-14H,8-11H2,1-2H3,(H,22,27). The van der Waals surface area contributed by atoms with Crippen LogP contribution in [0.5, 0.6) is 0 Å². The summed E-state index contributed by atoms with van der Waals surface area (Å²) in [6.45, 7) is 2.03. The Balaban J connectivity index is 1.41. The number of rotatable bonds is 7. The van der Waals surface area contributed by atoms with Gasteiger partial charge in [-0.3, -0.25) is 18.6 Å². The maximum Gasteiger partial charge on any atom is 0.272 e. The monoisotopic (exact) mass is 409 g/mol. The summed E-state index contributed by atoms with van der Waals surface area (Å²) >= 11 is 1.40. The Labute approximate surface area is 172 Å². The zero-order valence-corrected chi connectivity index (χ0v) is 17.3. The second-order valence-corrected chi connectivity index (χ2v) is 8.16. The molecule has 1 N–H and O–H groups in total. The van der Waals surface area contributed by atoms with E-state index in [-0.39, 0.29) is 17.5 Å². The van der Waals surface area contributed by atoms with Gasteiger partial charge in [0.1, 0.15) is 10.5 Å². The molecule has 0 spiro atoms. The Bertz CT molecular complexity index is 1210. The molecule has 29 heavy (non-hydrogen) atoms. The third-order valence-corrected chi connectivity index (χ3v) is 5.98. The second-order valence-electron chi connectivity index (χ2n) is 7.24. The molecule has 8 heteroatoms. The molecule has 0 aliphatic heterocycles. The number of thiophene rings is 1. The first-order chi connectivity index (χ1) is 14.0. The van der Waals surface area contributed by atoms with Crippen LogP contribution in [0.15, 0.2) is 46.6 Å². The third-order valence-electron chi connectivity index (χ3n) is 5.09. The molecule has 1 amide bonds. The van der Waals surface area contributed by atoms with Crippen molar-refractivity contribution in [2.24, 2.45) is 7.05 Å². The first-order valence-electron chi connectivity index (χ1n) is 9.68. The first-order valence-corrected chi connectivity index (χ1v) is 10.6. The van der Waals surface area contributed by atoms with Crippen LogP contribution in [0.2, 0.25) is 0 Å². The van der Waals surface area contributed by atoms with E-state index in [1.165, 1.54) is 21.5 Å². The molecule has 7 nitrogen and oxygen atoms in total. The lowest BCUT2D eigenvalue weighted by atomic mass is 10.1. The molecule has 0 aliphatic rings. The average molecular weight is 410 g/mol. The minimum absolute atomic E-state index is 0.00584. The van der Waals surface area contributed by atoms with Crippen LogP contribution in [0, 0.1) is 0 Å². The molecule has 0 bridgehead atoms. The van der Waals surface area contributed by atoms with Crippen LogP contribution in [0.3, 0.4) is 0 Å². The predicted octanol–water partition coefficient (Wildman–Crippen LogP) is 2.71. The third kappa shape index (κ3) is 3.93. The lowest BCUT2D eigenvalue weighted by molar-refractivity contribution is -0.121. The number of carbonyl (C=O) groups is 1. The van der Waals surface area contributed by atoms with Gasteiger partial charge in [0.25, 0.3) is 5.56 Å². The summed E-state index contributed by atoms with van der Waals surface area (Å²) in [5.41, 5.74) is 1.99. The topological polar surface area (TPSA) is 81.3 Å². The van der Waals surface area contributed by atoms with Crippen molar-refractivity contribution >= 4 is 33.2 Å². The Hall–Kier alpha value is -3.00. The molecule has 0 fully saturated rings. The van der Waals surface area contributed by atoms with E-state index >= 15 is 0 Å². The number of nitrogens with zero attached hydrogens (tertiary/aromatic N) is 4. The van der Waals surface area contributed by atoms with E-state index in [0.717, 1.165) is 18.4 Å². The van der Waals surface area contributed by atoms with Crippen LogP contribution >= 0.6 is 11.3 Å². The highest BCUT2D eigenvalue weighted by Gasteiger charge is 2.16. The van der Waals surface area contributed by atoms with E-state index in [9.17, 15) is 9.59 Å². The molecule has 3 aromatic heterocycles. The molecule has 3 heterocycles. The highest BCUT2D eigenvalue weighted by molar-refractivity contribution is 7.17. The molecule has 1 aromatic carbocycles. The maximum absolute atomic E-state index is 12.4. The zero-order valence-electron chi connectivity index (χ0n) is 16.5. The fourth-order valence-electron chi connectivity index (χ4n) is 3.49. The largest absolute Gasteiger partial charge is 0.354 e. The highest BCUT2D eigenvalue weighted by Crippen LogP contribution is 2.19. The molecule has 0 aliphatic carbocycles. The summed E-state index contributed by atoms with van der Waals surface area (Å²) in [6, 6.07) is 12.3. The predicted molar refractivity (Wildman–Crippen MR) is 114 cm³/mol. The summed E-state index contributed by atoms with van der Waals surface area (Å²) in [5, 5.41) is 13.3. The van der Waals surface area contributed by atoms with Gasteiger partial charge in [-0.15, -0.1) is 21.5 Å². The number of fused-ring (bicyclic) bond motifs is 3. The highest BCUT2D eigenvalue weighted by atomic mass is 32.1. The van der Waals surface area contributed by atoms with E-state index in [4.69, 9.17) is 0 Å². The van der Waals surface area contributed by atoms with Crippen molar-refractivity contribution in [3.05, 3.63) is 63.5 Å². The van der Waals surface area contributed by atoms with Crippen molar-refractivity contribution in [2.75, 3.05) is 0 Å². The van der Waals surface area contributed by atoms with Gasteiger partial charge < -0.3 is 5.32 Å². The summed E-state index contributed by atoms with van der Waals surface area (Å²) in [7, 11) is 1.69. The van der Waals surface area contributed by atoms with Gasteiger partial charge in [-0.05, 0) is 36.8 Å². The summed E-state index contributed by atoms with van der Waals surface area (Å²) < 4.78 is 4.04. The number of aromatic nitrogens is 4. The van der Waals surface area contributed by atoms with Gasteiger partial charge in [-0.1, -0.05) is 30.3 Å². The van der Waals surface area contributed by atoms with Gasteiger partial charge >= 0.3 is 0 Å². The van der Waals surface area contributed by atoms with E-state index in [2.05, 4.69) is 27.6 Å². The molecule has 1 unspecified atom stereocenters. The van der Waals surface area contributed by atoms with Crippen LogP contribution in [0.1, 0.15) is 31.2 Å². The van der Waals surface area contributed by atoms with Crippen LogP contribution in [0.4, 0.5) is 0 Å². The van der Waals surface area contributed by atoms with Crippen molar-refractivity contribution in [3.8, 4) is 0 Å². The lowest BCUT2D eigenvalue weighted by Crippen LogP contribution is -2.33. The zero-order chi connectivity index (χ0) is 20.4. The summed E-state index contributed by atoms with van der Waals surface area (Å²) in [4.78, 5) is 24.8. The minimum Gasteiger partial charge on any atom is -0.354 e. The normalized spacial score (nSPS) is 12.5. The van der Waals surface area contributed by atoms with Crippen molar-refractivity contribution in [2.45, 2.75) is 38.6 Å². The smallest absolute Gasteiger partial charge is 0.272 e. The van der Waals surface area contributed by atoms with Crippen LogP contribution in [-0.4, -0.2) is 31.1 Å². The van der Waals surface area contributed by atoms with Gasteiger partial charge in [-0.2, -0.15) is 0 Å². The second kappa shape index (κ2) is 8.16. The molecule has 0 saturated heterocycles. The quantitative estimate of drug-likeness (QED) is 0.509. The van der Waals surface area contributed by atoms with Crippen LogP contribution < -0.4 is 10.9 Å². The number of carbonyl (C=O) groups excluding carboxylic acids is 1. The van der Waals surface area contributed by atoms with Crippen LogP contribution in [-0.2, 0) is 24.7 Å². The number of hydrogen-bond donors (Lipinski definition) is 1. The van der Waals surface area contributed by atoms with E-state index < -0.39 is 0 Å². The molecular weight excluding hydrogens is 386 g/mol. The number of hydrogen-bond acceptors (Lipinski definition) is 5. The van der Waals surface area contributed by atoms with Crippen molar-refractivity contribution in [3.63, 3.8) is 0 Å². The molecule has 4 rings (SSSR count). The number of amides is 1. The van der Waals surface area contributed by atoms with Crippen molar-refractivity contribution in [1.29, 1.82) is 0 Å². The lowest BCUT2D eigenvalue weighted by Gasteiger charge is -2.13. The van der Waals surface area contributed by atoms with Gasteiger partial charge in [0.05, 0.1) is 5.52 Å². The van der Waals surface area contributed by atoms with Crippen molar-refractivity contribution < 1.29 is 4.79 Å². The van der Waals surface area contributed by atoms with E-state index in [1.54, 1.807) is 7.05 Å². The minimum atomic E-state index is -0.0774. The summed E-state index contributed by atoms with van der Waals surface area (Å²) in [5.74, 6) is 1.17. The number of aryl methyl sites for hydroxylation is 3. The number of nitrogens with one attached hydrogen (secondary N) is 1. The molecule has 150 valence electrons. The average Bonchev–Trinajstić information content (AvgIpc) is 3.36. The van der Waals surface area contributed by atoms with E-state index in [0.29, 0.717) is 29.1 Å².